The molecule has 0 heterocycles. The van der Waals surface area contributed by atoms with Gasteiger partial charge < -0.3 is 21.2 Å². The van der Waals surface area contributed by atoms with Gasteiger partial charge in [0.2, 0.25) is 0 Å². The Kier molecular flexibility index (Phi) is 27.9. The molecule has 0 aromatic heterocycles. The number of carboxylic acids is 1. The monoisotopic (exact) mass is 404 g/mol. The van der Waals surface area contributed by atoms with Gasteiger partial charge in [-0.1, -0.05) is 70.4 Å². The molecule has 0 aliphatic heterocycles. The van der Waals surface area contributed by atoms with Gasteiger partial charge in [0.1, 0.15) is 0 Å². The number of rotatable bonds is 15. The van der Waals surface area contributed by atoms with Crippen molar-refractivity contribution in [1.29, 1.82) is 0 Å². The minimum Gasteiger partial charge on any atom is -1.00 e. The maximum Gasteiger partial charge on any atom is 1.00 e. The summed E-state index contributed by atoms with van der Waals surface area (Å²) in [6, 6.07) is 0. The van der Waals surface area contributed by atoms with Crippen LogP contribution in [0.5, 0.6) is 0 Å². The van der Waals surface area contributed by atoms with Crippen LogP contribution in [0.2, 0.25) is 0 Å². The molecule has 0 aromatic carbocycles. The molecule has 0 saturated carbocycles. The molecule has 8 heteroatoms. The topological polar surface area (TPSA) is 115 Å². The second-order valence-electron chi connectivity index (χ2n) is 6.24. The first-order chi connectivity index (χ1) is 11.8. The van der Waals surface area contributed by atoms with E-state index in [0.717, 1.165) is 12.8 Å². The van der Waals surface area contributed by atoms with Gasteiger partial charge in [-0.15, -0.1) is 0 Å². The van der Waals surface area contributed by atoms with Gasteiger partial charge in [0.05, 0.1) is 0 Å². The van der Waals surface area contributed by atoms with Crippen LogP contribution in [0.1, 0.15) is 98.2 Å². The van der Waals surface area contributed by atoms with E-state index in [1.54, 1.807) is 0 Å². The van der Waals surface area contributed by atoms with Crippen LogP contribution in [-0.2, 0) is 9.36 Å². The van der Waals surface area contributed by atoms with Crippen molar-refractivity contribution in [3.05, 3.63) is 12.2 Å². The minimum absolute atomic E-state index is 0. The van der Waals surface area contributed by atoms with Crippen LogP contribution in [-0.4, -0.2) is 25.8 Å². The van der Waals surface area contributed by atoms with Crippen molar-refractivity contribution in [2.75, 3.05) is 0 Å². The van der Waals surface area contributed by atoms with Crippen molar-refractivity contribution in [3.8, 4) is 0 Å². The first kappa shape index (κ1) is 31.0. The Labute approximate surface area is 182 Å². The van der Waals surface area contributed by atoms with E-state index in [-0.39, 0.29) is 31.0 Å². The molecule has 0 amide bonds. The molecular weight excluding hydrogens is 366 g/mol. The quantitative estimate of drug-likeness (QED) is 0.144. The van der Waals surface area contributed by atoms with Gasteiger partial charge in [-0.3, -0.25) is 4.79 Å². The largest absolute Gasteiger partial charge is 1.00 e. The number of unbranched alkanes of at least 4 members (excludes halogenated alkanes) is 11. The van der Waals surface area contributed by atoms with Crippen LogP contribution in [0.15, 0.2) is 12.2 Å². The summed E-state index contributed by atoms with van der Waals surface area (Å²) in [7, 11) is -4.64. The van der Waals surface area contributed by atoms with E-state index in [0.29, 0.717) is 6.42 Å². The van der Waals surface area contributed by atoms with Gasteiger partial charge in [-0.25, -0.2) is 4.57 Å². The number of phosphoric acid groups is 1. The Bertz CT molecular complexity index is 369. The molecule has 0 aromatic rings. The van der Waals surface area contributed by atoms with Crippen molar-refractivity contribution in [2.45, 2.75) is 96.8 Å². The number of allylic oxidation sites excluding steroid dienone is 2. The van der Waals surface area contributed by atoms with E-state index in [1.807, 2.05) is 0 Å². The van der Waals surface area contributed by atoms with Crippen LogP contribution < -0.4 is 29.6 Å². The summed E-state index contributed by atoms with van der Waals surface area (Å²) in [5.74, 6) is -0.664. The standard InChI is InChI=1S/C18H34O2.Na.H3O4P.H/c1-2-3-4-5-6-7-8-9-10-11-12-13-14-15-16-17-18(19)20;;1-5(2,3)4;/h9-10H,2-8,11-17H2,1H3,(H,19,20);;(H3,1,2,3,4);/q;+1;;-1/b10-9-;;;. The Hall–Kier alpha value is 0.320. The molecule has 6 nitrogen and oxygen atoms in total. The summed E-state index contributed by atoms with van der Waals surface area (Å²) in [5.41, 5.74) is 0. The van der Waals surface area contributed by atoms with E-state index >= 15 is 0 Å². The Balaban J connectivity index is -0.000000333. The zero-order valence-corrected chi connectivity index (χ0v) is 19.5. The van der Waals surface area contributed by atoms with Crippen LogP contribution in [0.4, 0.5) is 0 Å². The van der Waals surface area contributed by atoms with Crippen LogP contribution >= 0.6 is 7.82 Å². The number of aliphatic carboxylic acids is 1. The SMILES string of the molecule is CCCCCCCC/C=C\CCCCCCCC(=O)O.O=P(O)(O)O.[H-].[Na+]. The third-order valence-electron chi connectivity index (χ3n) is 3.65. The van der Waals surface area contributed by atoms with E-state index < -0.39 is 13.8 Å². The second-order valence-corrected chi connectivity index (χ2v) is 7.27. The summed E-state index contributed by atoms with van der Waals surface area (Å²) < 4.78 is 8.88. The fraction of sp³-hybridized carbons (Fsp3) is 0.833. The molecule has 0 rings (SSSR count). The average Bonchev–Trinajstić information content (AvgIpc) is 2.49. The normalized spacial score (nSPS) is 10.9. The van der Waals surface area contributed by atoms with Crippen molar-refractivity contribution in [1.82, 2.24) is 0 Å². The molecule has 0 bridgehead atoms. The van der Waals surface area contributed by atoms with Crippen LogP contribution in [0.25, 0.3) is 0 Å². The summed E-state index contributed by atoms with van der Waals surface area (Å²) in [4.78, 5) is 31.9. The van der Waals surface area contributed by atoms with Crippen molar-refractivity contribution < 1.29 is 60.1 Å². The molecule has 0 saturated heterocycles. The van der Waals surface area contributed by atoms with Gasteiger partial charge in [-0.2, -0.15) is 0 Å². The zero-order chi connectivity index (χ0) is 19.4. The van der Waals surface area contributed by atoms with E-state index in [2.05, 4.69) is 19.1 Å². The molecule has 0 unspecified atom stereocenters. The zero-order valence-electron chi connectivity index (χ0n) is 17.6. The number of hydrogen-bond donors (Lipinski definition) is 4. The first-order valence-electron chi connectivity index (χ1n) is 9.42. The number of carbonyl (C=O) groups is 1. The second kappa shape index (κ2) is 23.4. The van der Waals surface area contributed by atoms with Gasteiger partial charge >= 0.3 is 43.3 Å². The predicted octanol–water partition coefficient (Wildman–Crippen LogP) is 2.30. The van der Waals surface area contributed by atoms with E-state index in [1.165, 1.54) is 70.6 Å². The summed E-state index contributed by atoms with van der Waals surface area (Å²) in [5, 5.41) is 8.51. The first-order valence-corrected chi connectivity index (χ1v) is 11.0. The van der Waals surface area contributed by atoms with Crippen molar-refractivity contribution in [3.63, 3.8) is 0 Å². The minimum atomic E-state index is -4.64. The van der Waals surface area contributed by atoms with Crippen molar-refractivity contribution >= 4 is 13.8 Å². The van der Waals surface area contributed by atoms with Gasteiger partial charge in [0, 0.05) is 6.42 Å². The Morgan fingerprint density at radius 1 is 0.808 bits per heavy atom. The van der Waals surface area contributed by atoms with Gasteiger partial charge in [0.15, 0.2) is 0 Å². The molecule has 0 aliphatic rings. The molecular formula is C18H38NaO6P. The van der Waals surface area contributed by atoms with Crippen LogP contribution in [0, 0.1) is 0 Å². The molecule has 26 heavy (non-hydrogen) atoms. The third kappa shape index (κ3) is 44.1. The molecule has 0 atom stereocenters. The fourth-order valence-corrected chi connectivity index (χ4v) is 2.35. The van der Waals surface area contributed by atoms with E-state index in [4.69, 9.17) is 24.4 Å². The molecule has 4 N–H and O–H groups in total. The molecule has 0 aliphatic carbocycles. The summed E-state index contributed by atoms with van der Waals surface area (Å²) >= 11 is 0. The number of hydrogen-bond acceptors (Lipinski definition) is 2. The predicted molar refractivity (Wildman–Crippen MR) is 102 cm³/mol. The molecule has 0 fully saturated rings. The summed E-state index contributed by atoms with van der Waals surface area (Å²) in [6.45, 7) is 2.26. The van der Waals surface area contributed by atoms with Crippen molar-refractivity contribution in [2.24, 2.45) is 0 Å². The Morgan fingerprint density at radius 2 is 1.15 bits per heavy atom. The number of carboxylic acid groups (broad SMARTS) is 1. The third-order valence-corrected chi connectivity index (χ3v) is 3.65. The van der Waals surface area contributed by atoms with Crippen LogP contribution in [0.3, 0.4) is 0 Å². The maximum absolute atomic E-state index is 10.3. The Morgan fingerprint density at radius 3 is 1.54 bits per heavy atom. The summed E-state index contributed by atoms with van der Waals surface area (Å²) in [6.07, 6.45) is 21.2. The average molecular weight is 404 g/mol. The molecule has 0 radical (unpaired) electrons. The van der Waals surface area contributed by atoms with Gasteiger partial charge in [-0.05, 0) is 32.1 Å². The smallest absolute Gasteiger partial charge is 1.00 e. The maximum atomic E-state index is 10.3. The molecule has 0 spiro atoms. The van der Waals surface area contributed by atoms with E-state index in [9.17, 15) is 4.79 Å². The molecule has 152 valence electrons. The van der Waals surface area contributed by atoms with Gasteiger partial charge in [0.25, 0.3) is 0 Å². The fourth-order valence-electron chi connectivity index (χ4n) is 2.35.